The Bertz CT molecular complexity index is 365. The van der Waals surface area contributed by atoms with Gasteiger partial charge in [-0.05, 0) is 0 Å². The van der Waals surface area contributed by atoms with Gasteiger partial charge >= 0.3 is 0 Å². The van der Waals surface area contributed by atoms with Crippen molar-refractivity contribution in [1.82, 2.24) is 20.5 Å². The standard InChI is InChI=1S/C11H20N4O3/c1-8(2)9-13-10(15-14-9)11(16)12-4-5-18-7-6-17-3/h8H,4-7H2,1-3H3,(H,12,16)(H,13,14,15). The monoisotopic (exact) mass is 256 g/mol. The van der Waals surface area contributed by atoms with Gasteiger partial charge in [0.15, 0.2) is 0 Å². The van der Waals surface area contributed by atoms with Gasteiger partial charge in [0.25, 0.3) is 5.91 Å². The van der Waals surface area contributed by atoms with Crippen molar-refractivity contribution in [3.05, 3.63) is 11.6 Å². The molecule has 7 nitrogen and oxygen atoms in total. The highest BCUT2D eigenvalue weighted by atomic mass is 16.5. The van der Waals surface area contributed by atoms with Gasteiger partial charge in [-0.2, -0.15) is 0 Å². The number of carbonyl (C=O) groups is 1. The molecule has 1 aromatic heterocycles. The zero-order chi connectivity index (χ0) is 13.4. The van der Waals surface area contributed by atoms with E-state index < -0.39 is 0 Å². The molecule has 0 spiro atoms. The van der Waals surface area contributed by atoms with Crippen LogP contribution < -0.4 is 5.32 Å². The Balaban J connectivity index is 2.23. The number of H-pyrrole nitrogens is 1. The smallest absolute Gasteiger partial charge is 0.291 e. The van der Waals surface area contributed by atoms with Crippen molar-refractivity contribution in [2.75, 3.05) is 33.5 Å². The first kappa shape index (κ1) is 14.6. The van der Waals surface area contributed by atoms with Gasteiger partial charge in [-0.15, -0.1) is 5.10 Å². The van der Waals surface area contributed by atoms with Crippen LogP contribution in [0, 0.1) is 0 Å². The van der Waals surface area contributed by atoms with Crippen LogP contribution in [0.4, 0.5) is 0 Å². The Hall–Kier alpha value is -1.47. The lowest BCUT2D eigenvalue weighted by atomic mass is 10.2. The fourth-order valence-electron chi connectivity index (χ4n) is 1.19. The van der Waals surface area contributed by atoms with Gasteiger partial charge in [0.2, 0.25) is 5.82 Å². The number of rotatable bonds is 8. The quantitative estimate of drug-likeness (QED) is 0.654. The van der Waals surface area contributed by atoms with Crippen LogP contribution in [0.25, 0.3) is 0 Å². The van der Waals surface area contributed by atoms with E-state index in [4.69, 9.17) is 9.47 Å². The van der Waals surface area contributed by atoms with Crippen LogP contribution in [-0.2, 0) is 9.47 Å². The van der Waals surface area contributed by atoms with Crippen molar-refractivity contribution in [3.63, 3.8) is 0 Å². The zero-order valence-corrected chi connectivity index (χ0v) is 11.0. The Labute approximate surface area is 106 Å². The molecule has 0 atom stereocenters. The third-order valence-corrected chi connectivity index (χ3v) is 2.22. The summed E-state index contributed by atoms with van der Waals surface area (Å²) in [6.07, 6.45) is 0. The van der Waals surface area contributed by atoms with Gasteiger partial charge in [0, 0.05) is 19.6 Å². The molecule has 0 bridgehead atoms. The first-order valence-corrected chi connectivity index (χ1v) is 5.92. The number of methoxy groups -OCH3 is 1. The van der Waals surface area contributed by atoms with Crippen molar-refractivity contribution >= 4 is 5.91 Å². The van der Waals surface area contributed by atoms with Crippen LogP contribution in [0.3, 0.4) is 0 Å². The number of ether oxygens (including phenoxy) is 2. The van der Waals surface area contributed by atoms with Crippen LogP contribution in [0.5, 0.6) is 0 Å². The zero-order valence-electron chi connectivity index (χ0n) is 11.0. The molecule has 0 radical (unpaired) electrons. The van der Waals surface area contributed by atoms with Crippen molar-refractivity contribution < 1.29 is 14.3 Å². The number of hydrogen-bond acceptors (Lipinski definition) is 5. The molecule has 0 fully saturated rings. The fourth-order valence-corrected chi connectivity index (χ4v) is 1.19. The van der Waals surface area contributed by atoms with E-state index in [2.05, 4.69) is 20.5 Å². The molecule has 1 rings (SSSR count). The molecule has 0 saturated carbocycles. The molecule has 1 heterocycles. The molecule has 0 unspecified atom stereocenters. The topological polar surface area (TPSA) is 89.1 Å². The summed E-state index contributed by atoms with van der Waals surface area (Å²) < 4.78 is 10.0. The van der Waals surface area contributed by atoms with E-state index in [9.17, 15) is 4.79 Å². The SMILES string of the molecule is COCCOCCNC(=O)c1n[nH]c(C(C)C)n1. The molecule has 102 valence electrons. The summed E-state index contributed by atoms with van der Waals surface area (Å²) in [5.41, 5.74) is 0. The second kappa shape index (κ2) is 7.78. The first-order valence-electron chi connectivity index (χ1n) is 5.92. The molecule has 0 aliphatic heterocycles. The van der Waals surface area contributed by atoms with Crippen LogP contribution >= 0.6 is 0 Å². The number of hydrogen-bond donors (Lipinski definition) is 2. The summed E-state index contributed by atoms with van der Waals surface area (Å²) in [4.78, 5) is 15.7. The Morgan fingerprint density at radius 3 is 2.78 bits per heavy atom. The van der Waals surface area contributed by atoms with Crippen LogP contribution in [0.15, 0.2) is 0 Å². The molecule has 7 heteroatoms. The van der Waals surface area contributed by atoms with Crippen LogP contribution in [-0.4, -0.2) is 54.6 Å². The van der Waals surface area contributed by atoms with Crippen molar-refractivity contribution in [3.8, 4) is 0 Å². The molecule has 0 aliphatic rings. The third-order valence-electron chi connectivity index (χ3n) is 2.22. The summed E-state index contributed by atoms with van der Waals surface area (Å²) in [7, 11) is 1.61. The Kier molecular flexibility index (Phi) is 6.31. The van der Waals surface area contributed by atoms with E-state index in [1.807, 2.05) is 13.8 Å². The van der Waals surface area contributed by atoms with Crippen molar-refractivity contribution in [2.24, 2.45) is 0 Å². The highest BCUT2D eigenvalue weighted by Crippen LogP contribution is 2.07. The second-order valence-electron chi connectivity index (χ2n) is 4.06. The van der Waals surface area contributed by atoms with Crippen molar-refractivity contribution in [2.45, 2.75) is 19.8 Å². The summed E-state index contributed by atoms with van der Waals surface area (Å²) in [6.45, 7) is 5.89. The number of carbonyl (C=O) groups excluding carboxylic acids is 1. The number of nitrogens with zero attached hydrogens (tertiary/aromatic N) is 2. The second-order valence-corrected chi connectivity index (χ2v) is 4.06. The predicted molar refractivity (Wildman–Crippen MR) is 65.5 cm³/mol. The Morgan fingerprint density at radius 2 is 2.17 bits per heavy atom. The van der Waals surface area contributed by atoms with Crippen LogP contribution in [0.2, 0.25) is 0 Å². The normalized spacial score (nSPS) is 10.9. The molecule has 2 N–H and O–H groups in total. The fraction of sp³-hybridized carbons (Fsp3) is 0.727. The van der Waals surface area contributed by atoms with Gasteiger partial charge < -0.3 is 14.8 Å². The molecule has 1 amide bonds. The summed E-state index contributed by atoms with van der Waals surface area (Å²) >= 11 is 0. The first-order chi connectivity index (χ1) is 8.65. The van der Waals surface area contributed by atoms with Gasteiger partial charge in [0.1, 0.15) is 5.82 Å². The average molecular weight is 256 g/mol. The molecule has 0 saturated heterocycles. The minimum absolute atomic E-state index is 0.163. The van der Waals surface area contributed by atoms with E-state index in [0.717, 1.165) is 0 Å². The van der Waals surface area contributed by atoms with Crippen molar-refractivity contribution in [1.29, 1.82) is 0 Å². The summed E-state index contributed by atoms with van der Waals surface area (Å²) in [5, 5.41) is 9.27. The molecule has 0 aliphatic carbocycles. The molecule has 18 heavy (non-hydrogen) atoms. The lowest BCUT2D eigenvalue weighted by Gasteiger charge is -2.04. The highest BCUT2D eigenvalue weighted by Gasteiger charge is 2.13. The lowest BCUT2D eigenvalue weighted by Crippen LogP contribution is -2.28. The summed E-state index contributed by atoms with van der Waals surface area (Å²) in [5.74, 6) is 0.789. The summed E-state index contributed by atoms with van der Waals surface area (Å²) in [6, 6.07) is 0. The van der Waals surface area contributed by atoms with E-state index >= 15 is 0 Å². The van der Waals surface area contributed by atoms with E-state index in [-0.39, 0.29) is 17.6 Å². The van der Waals surface area contributed by atoms with E-state index in [1.54, 1.807) is 7.11 Å². The highest BCUT2D eigenvalue weighted by molar-refractivity contribution is 5.90. The predicted octanol–water partition coefficient (Wildman–Crippen LogP) is 0.321. The van der Waals surface area contributed by atoms with E-state index in [0.29, 0.717) is 32.2 Å². The van der Waals surface area contributed by atoms with Gasteiger partial charge in [-0.3, -0.25) is 9.89 Å². The molecular weight excluding hydrogens is 236 g/mol. The van der Waals surface area contributed by atoms with Gasteiger partial charge in [-0.25, -0.2) is 4.98 Å². The average Bonchev–Trinajstić information content (AvgIpc) is 2.83. The molecule has 1 aromatic rings. The minimum atomic E-state index is -0.298. The number of nitrogens with one attached hydrogen (secondary N) is 2. The maximum atomic E-state index is 11.6. The maximum absolute atomic E-state index is 11.6. The van der Waals surface area contributed by atoms with Crippen LogP contribution in [0.1, 0.15) is 36.2 Å². The largest absolute Gasteiger partial charge is 0.382 e. The Morgan fingerprint density at radius 1 is 1.39 bits per heavy atom. The maximum Gasteiger partial charge on any atom is 0.291 e. The number of aromatic nitrogens is 3. The number of aromatic amines is 1. The van der Waals surface area contributed by atoms with Gasteiger partial charge in [0.05, 0.1) is 19.8 Å². The number of amides is 1. The third kappa shape index (κ3) is 4.80. The lowest BCUT2D eigenvalue weighted by molar-refractivity contribution is 0.0691. The minimum Gasteiger partial charge on any atom is -0.382 e. The molecule has 0 aromatic carbocycles. The molecular formula is C11H20N4O3. The van der Waals surface area contributed by atoms with Gasteiger partial charge in [-0.1, -0.05) is 13.8 Å². The van der Waals surface area contributed by atoms with E-state index in [1.165, 1.54) is 0 Å².